The third-order valence-electron chi connectivity index (χ3n) is 2.23. The highest BCUT2D eigenvalue weighted by atomic mass is 14.9. The number of aromatic nitrogens is 2. The van der Waals surface area contributed by atoms with Crippen molar-refractivity contribution >= 4 is 11.9 Å². The number of allylic oxidation sites excluding steroid dienone is 1. The van der Waals surface area contributed by atoms with E-state index in [-0.39, 0.29) is 0 Å². The van der Waals surface area contributed by atoms with Gasteiger partial charge >= 0.3 is 0 Å². The van der Waals surface area contributed by atoms with E-state index in [0.717, 1.165) is 11.1 Å². The molecule has 3 heteroatoms. The van der Waals surface area contributed by atoms with Crippen LogP contribution >= 0.6 is 0 Å². The van der Waals surface area contributed by atoms with E-state index >= 15 is 0 Å². The second-order valence-corrected chi connectivity index (χ2v) is 3.40. The molecule has 0 amide bonds. The highest BCUT2D eigenvalue weighted by molar-refractivity contribution is 5.64. The van der Waals surface area contributed by atoms with E-state index in [0.29, 0.717) is 11.6 Å². The predicted molar refractivity (Wildman–Crippen MR) is 66.6 cm³/mol. The molecular weight excluding hydrogens is 198 g/mol. The molecule has 0 radical (unpaired) electrons. The van der Waals surface area contributed by atoms with Crippen LogP contribution in [0.3, 0.4) is 0 Å². The van der Waals surface area contributed by atoms with Crippen LogP contribution in [0.2, 0.25) is 0 Å². The number of nitrogens with zero attached hydrogens (tertiary/aromatic N) is 2. The van der Waals surface area contributed by atoms with Crippen LogP contribution in [-0.4, -0.2) is 9.97 Å². The minimum absolute atomic E-state index is 0.506. The second-order valence-electron chi connectivity index (χ2n) is 3.40. The van der Waals surface area contributed by atoms with Crippen LogP contribution < -0.4 is 5.73 Å². The van der Waals surface area contributed by atoms with Crippen molar-refractivity contribution in [2.24, 2.45) is 0 Å². The molecule has 2 N–H and O–H groups in total. The van der Waals surface area contributed by atoms with Gasteiger partial charge in [0.15, 0.2) is 5.82 Å². The molecule has 0 spiro atoms. The molecule has 0 aliphatic carbocycles. The Labute approximate surface area is 94.7 Å². The average Bonchev–Trinajstić information content (AvgIpc) is 2.33. The van der Waals surface area contributed by atoms with Crippen LogP contribution in [0.25, 0.3) is 17.5 Å². The van der Waals surface area contributed by atoms with Gasteiger partial charge in [0.25, 0.3) is 0 Å². The zero-order valence-electron chi connectivity index (χ0n) is 9.09. The Morgan fingerprint density at radius 3 is 2.56 bits per heavy atom. The van der Waals surface area contributed by atoms with Crippen molar-refractivity contribution in [2.75, 3.05) is 5.73 Å². The second kappa shape index (κ2) is 4.57. The molecule has 0 fully saturated rings. The topological polar surface area (TPSA) is 51.8 Å². The van der Waals surface area contributed by atoms with Crippen molar-refractivity contribution in [3.63, 3.8) is 0 Å². The third-order valence-corrected chi connectivity index (χ3v) is 2.23. The van der Waals surface area contributed by atoms with Crippen LogP contribution in [0, 0.1) is 0 Å². The summed E-state index contributed by atoms with van der Waals surface area (Å²) in [5, 5.41) is 0. The fraction of sp³-hybridized carbons (Fsp3) is 0.0769. The lowest BCUT2D eigenvalue weighted by Gasteiger charge is -2.03. The van der Waals surface area contributed by atoms with Crippen LogP contribution in [0.5, 0.6) is 0 Å². The summed E-state index contributed by atoms with van der Waals surface area (Å²) < 4.78 is 0. The molecule has 0 aliphatic rings. The molecule has 0 atom stereocenters. The lowest BCUT2D eigenvalue weighted by molar-refractivity contribution is 1.18. The maximum absolute atomic E-state index is 5.84. The van der Waals surface area contributed by atoms with E-state index < -0.39 is 0 Å². The quantitative estimate of drug-likeness (QED) is 0.831. The SMILES string of the molecule is C/C=C\c1cnc(-c2ccccc2)nc1N. The van der Waals surface area contributed by atoms with Gasteiger partial charge in [-0.15, -0.1) is 0 Å². The Morgan fingerprint density at radius 1 is 1.19 bits per heavy atom. The summed E-state index contributed by atoms with van der Waals surface area (Å²) in [6.45, 7) is 1.94. The van der Waals surface area contributed by atoms with Crippen molar-refractivity contribution in [3.8, 4) is 11.4 Å². The standard InChI is InChI=1S/C13H13N3/c1-2-6-11-9-15-13(16-12(11)14)10-7-4-3-5-8-10/h2-9H,1H3,(H2,14,15,16)/b6-2-. The number of hydrogen-bond donors (Lipinski definition) is 1. The summed E-state index contributed by atoms with van der Waals surface area (Å²) in [4.78, 5) is 8.56. The third kappa shape index (κ3) is 2.08. The van der Waals surface area contributed by atoms with Crippen molar-refractivity contribution in [1.29, 1.82) is 0 Å². The maximum Gasteiger partial charge on any atom is 0.161 e. The van der Waals surface area contributed by atoms with Gasteiger partial charge in [0, 0.05) is 17.3 Å². The van der Waals surface area contributed by atoms with E-state index in [1.165, 1.54) is 0 Å². The van der Waals surface area contributed by atoms with Crippen molar-refractivity contribution in [2.45, 2.75) is 6.92 Å². The molecule has 0 saturated heterocycles. The van der Waals surface area contributed by atoms with E-state index in [9.17, 15) is 0 Å². The van der Waals surface area contributed by atoms with Gasteiger partial charge in [-0.2, -0.15) is 0 Å². The Hall–Kier alpha value is -2.16. The van der Waals surface area contributed by atoms with Gasteiger partial charge in [-0.3, -0.25) is 0 Å². The molecular formula is C13H13N3. The number of hydrogen-bond acceptors (Lipinski definition) is 3. The highest BCUT2D eigenvalue weighted by Crippen LogP contribution is 2.17. The number of nitrogens with two attached hydrogens (primary N) is 1. The predicted octanol–water partition coefficient (Wildman–Crippen LogP) is 2.76. The lowest BCUT2D eigenvalue weighted by atomic mass is 10.2. The van der Waals surface area contributed by atoms with E-state index in [4.69, 9.17) is 5.73 Å². The summed E-state index contributed by atoms with van der Waals surface area (Å²) in [6, 6.07) is 9.79. The van der Waals surface area contributed by atoms with Crippen LogP contribution in [0.1, 0.15) is 12.5 Å². The highest BCUT2D eigenvalue weighted by Gasteiger charge is 2.03. The lowest BCUT2D eigenvalue weighted by Crippen LogP contribution is -1.98. The first-order valence-corrected chi connectivity index (χ1v) is 5.12. The Bertz CT molecular complexity index is 504. The molecule has 2 aromatic rings. The van der Waals surface area contributed by atoms with Gasteiger partial charge in [0.1, 0.15) is 5.82 Å². The summed E-state index contributed by atoms with van der Waals surface area (Å²) in [6.07, 6.45) is 5.55. The van der Waals surface area contributed by atoms with Crippen LogP contribution in [0.4, 0.5) is 5.82 Å². The summed E-state index contributed by atoms with van der Waals surface area (Å²) in [5.41, 5.74) is 7.67. The molecule has 2 rings (SSSR count). The summed E-state index contributed by atoms with van der Waals surface area (Å²) in [5.74, 6) is 1.17. The average molecular weight is 211 g/mol. The molecule has 0 aliphatic heterocycles. The Kier molecular flexibility index (Phi) is 2.96. The Balaban J connectivity index is 2.42. The minimum Gasteiger partial charge on any atom is -0.383 e. The van der Waals surface area contributed by atoms with Crippen LogP contribution in [-0.2, 0) is 0 Å². The number of rotatable bonds is 2. The molecule has 0 bridgehead atoms. The van der Waals surface area contributed by atoms with Crippen LogP contribution in [0.15, 0.2) is 42.6 Å². The monoisotopic (exact) mass is 211 g/mol. The Morgan fingerprint density at radius 2 is 1.94 bits per heavy atom. The van der Waals surface area contributed by atoms with Crippen molar-refractivity contribution < 1.29 is 0 Å². The first-order chi connectivity index (χ1) is 7.81. The van der Waals surface area contributed by atoms with Gasteiger partial charge in [-0.25, -0.2) is 9.97 Å². The number of benzene rings is 1. The summed E-state index contributed by atoms with van der Waals surface area (Å²) in [7, 11) is 0. The molecule has 0 unspecified atom stereocenters. The summed E-state index contributed by atoms with van der Waals surface area (Å²) >= 11 is 0. The number of anilines is 1. The zero-order chi connectivity index (χ0) is 11.4. The van der Waals surface area contributed by atoms with Crippen molar-refractivity contribution in [3.05, 3.63) is 48.2 Å². The van der Waals surface area contributed by atoms with Gasteiger partial charge in [0.05, 0.1) is 0 Å². The molecule has 1 aromatic heterocycles. The first-order valence-electron chi connectivity index (χ1n) is 5.12. The van der Waals surface area contributed by atoms with Gasteiger partial charge in [0.2, 0.25) is 0 Å². The normalized spacial score (nSPS) is 10.8. The minimum atomic E-state index is 0.506. The first kappa shape index (κ1) is 10.4. The van der Waals surface area contributed by atoms with Gasteiger partial charge < -0.3 is 5.73 Å². The fourth-order valence-corrected chi connectivity index (χ4v) is 1.44. The fourth-order valence-electron chi connectivity index (χ4n) is 1.44. The van der Waals surface area contributed by atoms with E-state index in [1.807, 2.05) is 49.4 Å². The molecule has 0 saturated carbocycles. The van der Waals surface area contributed by atoms with Gasteiger partial charge in [-0.05, 0) is 6.92 Å². The molecule has 80 valence electrons. The molecule has 16 heavy (non-hydrogen) atoms. The molecule has 3 nitrogen and oxygen atoms in total. The molecule has 1 heterocycles. The van der Waals surface area contributed by atoms with E-state index in [1.54, 1.807) is 6.20 Å². The zero-order valence-corrected chi connectivity index (χ0v) is 9.09. The number of nitrogen functional groups attached to an aromatic ring is 1. The van der Waals surface area contributed by atoms with Gasteiger partial charge in [-0.1, -0.05) is 42.5 Å². The van der Waals surface area contributed by atoms with E-state index in [2.05, 4.69) is 9.97 Å². The largest absolute Gasteiger partial charge is 0.383 e. The smallest absolute Gasteiger partial charge is 0.161 e. The van der Waals surface area contributed by atoms with Crippen molar-refractivity contribution in [1.82, 2.24) is 9.97 Å². The molecule has 1 aromatic carbocycles. The maximum atomic E-state index is 5.84.